The maximum absolute atomic E-state index is 5.20. The number of aromatic nitrogens is 6. The summed E-state index contributed by atoms with van der Waals surface area (Å²) in [5.41, 5.74) is 10.2. The maximum Gasteiger partial charge on any atom is 0.120 e. The van der Waals surface area contributed by atoms with Crippen LogP contribution in [0.3, 0.4) is 0 Å². The quantitative estimate of drug-likeness (QED) is 0.0823. The van der Waals surface area contributed by atoms with E-state index < -0.39 is 0 Å². The third kappa shape index (κ3) is 8.79. The summed E-state index contributed by atoms with van der Waals surface area (Å²) in [6.45, 7) is 13.4. The number of unbranched alkanes of at least 4 members (excludes halogenated alkanes) is 4. The summed E-state index contributed by atoms with van der Waals surface area (Å²) in [7, 11) is 0. The molecule has 8 nitrogen and oxygen atoms in total. The number of benzene rings is 3. The van der Waals surface area contributed by atoms with E-state index in [0.717, 1.165) is 48.7 Å². The Bertz CT molecular complexity index is 1940. The number of nitrogens with zero attached hydrogens (tertiary/aromatic N) is 8. The Morgan fingerprint density at radius 1 is 0.404 bits per heavy atom. The first-order chi connectivity index (χ1) is 25.6. The van der Waals surface area contributed by atoms with Gasteiger partial charge >= 0.3 is 0 Å². The van der Waals surface area contributed by atoms with Gasteiger partial charge < -0.3 is 9.80 Å². The summed E-state index contributed by atoms with van der Waals surface area (Å²) in [5, 5.41) is 0. The van der Waals surface area contributed by atoms with E-state index in [1.165, 1.54) is 62.7 Å². The second kappa shape index (κ2) is 18.3. The third-order valence-corrected chi connectivity index (χ3v) is 9.53. The largest absolute Gasteiger partial charge is 0.372 e. The first kappa shape index (κ1) is 36.5. The van der Waals surface area contributed by atoms with Gasteiger partial charge in [0.25, 0.3) is 0 Å². The molecule has 0 aliphatic rings. The van der Waals surface area contributed by atoms with Gasteiger partial charge in [-0.3, -0.25) is 19.9 Å². The molecule has 3 heterocycles. The Balaban J connectivity index is 1.38. The van der Waals surface area contributed by atoms with Crippen molar-refractivity contribution >= 4 is 68.8 Å². The highest BCUT2D eigenvalue weighted by Crippen LogP contribution is 2.30. The Morgan fingerprint density at radius 3 is 1.02 bits per heavy atom. The first-order valence-corrected chi connectivity index (χ1v) is 19.2. The number of fused-ring (bicyclic) bond motifs is 6. The Kier molecular flexibility index (Phi) is 12.9. The Labute approximate surface area is 308 Å². The van der Waals surface area contributed by atoms with Gasteiger partial charge in [0.05, 0.1) is 11.4 Å². The van der Waals surface area contributed by atoms with Crippen molar-refractivity contribution in [1.82, 2.24) is 29.9 Å². The van der Waals surface area contributed by atoms with Crippen molar-refractivity contribution in [2.45, 2.75) is 79.1 Å². The van der Waals surface area contributed by atoms with Crippen LogP contribution < -0.4 is 9.80 Å². The van der Waals surface area contributed by atoms with Crippen molar-refractivity contribution in [2.75, 3.05) is 36.0 Å². The van der Waals surface area contributed by atoms with Gasteiger partial charge in [0.2, 0.25) is 0 Å². The van der Waals surface area contributed by atoms with Gasteiger partial charge in [-0.2, -0.15) is 0 Å². The average molecular weight is 693 g/mol. The molecule has 0 saturated heterocycles. The molecular formula is C44H52N8. The van der Waals surface area contributed by atoms with Crippen molar-refractivity contribution in [3.05, 3.63) is 95.8 Å². The van der Waals surface area contributed by atoms with Crippen LogP contribution in [-0.4, -0.2) is 56.1 Å². The minimum Gasteiger partial charge on any atom is -0.372 e. The molecule has 6 aromatic rings. The summed E-state index contributed by atoms with van der Waals surface area (Å²) < 4.78 is 0. The molecule has 3 aromatic carbocycles. The monoisotopic (exact) mass is 692 g/mol. The summed E-state index contributed by atoms with van der Waals surface area (Å²) in [6.07, 6.45) is 24.6. The van der Waals surface area contributed by atoms with E-state index in [2.05, 4.69) is 130 Å². The zero-order chi connectivity index (χ0) is 36.1. The van der Waals surface area contributed by atoms with E-state index in [-0.39, 0.29) is 0 Å². The summed E-state index contributed by atoms with van der Waals surface area (Å²) in [6, 6.07) is 17.7. The smallest absolute Gasteiger partial charge is 0.120 e. The molecular weight excluding hydrogens is 641 g/mol. The van der Waals surface area contributed by atoms with Crippen molar-refractivity contribution < 1.29 is 0 Å². The van der Waals surface area contributed by atoms with E-state index in [1.54, 1.807) is 24.8 Å². The van der Waals surface area contributed by atoms with Gasteiger partial charge in [-0.15, -0.1) is 0 Å². The molecule has 268 valence electrons. The molecule has 0 fully saturated rings. The molecule has 0 atom stereocenters. The lowest BCUT2D eigenvalue weighted by atomic mass is 10.1. The van der Waals surface area contributed by atoms with Crippen LogP contribution in [0.25, 0.3) is 57.4 Å². The van der Waals surface area contributed by atoms with Gasteiger partial charge in [-0.25, -0.2) is 9.97 Å². The van der Waals surface area contributed by atoms with Crippen molar-refractivity contribution in [3.63, 3.8) is 0 Å². The summed E-state index contributed by atoms with van der Waals surface area (Å²) in [5.74, 6) is 0. The van der Waals surface area contributed by atoms with E-state index in [1.807, 2.05) is 0 Å². The summed E-state index contributed by atoms with van der Waals surface area (Å²) in [4.78, 5) is 34.0. The van der Waals surface area contributed by atoms with Gasteiger partial charge in [-0.1, -0.05) is 89.8 Å². The standard InChI is InChI=1S/C44H52N8/c1-5-9-29-51(30-10-6-2)35-19-13-33(14-20-35)17-23-37-38(24-18-34-15-21-36(22-16-34)52(31-11-7-3)32-12-8-4)50-44-42-40(46-26-28-48-42)39-41(43(44)49-37)47-27-25-45-39/h13-28H,5-12,29-32H2,1-4H3/b23-17+,24-18+. The van der Waals surface area contributed by atoms with Crippen LogP contribution in [0.15, 0.2) is 73.3 Å². The molecule has 0 aliphatic heterocycles. The van der Waals surface area contributed by atoms with Crippen molar-refractivity contribution in [1.29, 1.82) is 0 Å². The topological polar surface area (TPSA) is 83.8 Å². The zero-order valence-corrected chi connectivity index (χ0v) is 31.3. The molecule has 52 heavy (non-hydrogen) atoms. The molecule has 6 rings (SSSR count). The van der Waals surface area contributed by atoms with Crippen LogP contribution >= 0.6 is 0 Å². The predicted octanol–water partition coefficient (Wildman–Crippen LogP) is 10.7. The number of rotatable bonds is 18. The van der Waals surface area contributed by atoms with E-state index in [4.69, 9.17) is 9.97 Å². The van der Waals surface area contributed by atoms with Gasteiger partial charge in [0, 0.05) is 62.3 Å². The minimum atomic E-state index is 0.661. The Morgan fingerprint density at radius 2 is 0.712 bits per heavy atom. The van der Waals surface area contributed by atoms with Crippen LogP contribution in [0.2, 0.25) is 0 Å². The lowest BCUT2D eigenvalue weighted by Crippen LogP contribution is -2.25. The fourth-order valence-corrected chi connectivity index (χ4v) is 6.48. The van der Waals surface area contributed by atoms with Crippen molar-refractivity contribution in [2.24, 2.45) is 0 Å². The normalized spacial score (nSPS) is 11.8. The van der Waals surface area contributed by atoms with Gasteiger partial charge in [-0.05, 0) is 73.2 Å². The molecule has 3 aromatic heterocycles. The third-order valence-electron chi connectivity index (χ3n) is 9.53. The minimum absolute atomic E-state index is 0.661. The molecule has 0 amide bonds. The fourth-order valence-electron chi connectivity index (χ4n) is 6.48. The zero-order valence-electron chi connectivity index (χ0n) is 31.3. The van der Waals surface area contributed by atoms with Crippen LogP contribution in [0.4, 0.5) is 11.4 Å². The van der Waals surface area contributed by atoms with Crippen LogP contribution in [-0.2, 0) is 0 Å². The highest BCUT2D eigenvalue weighted by Gasteiger charge is 2.17. The van der Waals surface area contributed by atoms with E-state index in [0.29, 0.717) is 33.1 Å². The van der Waals surface area contributed by atoms with Crippen LogP contribution in [0.1, 0.15) is 102 Å². The number of anilines is 2. The number of hydrogen-bond donors (Lipinski definition) is 0. The summed E-state index contributed by atoms with van der Waals surface area (Å²) >= 11 is 0. The van der Waals surface area contributed by atoms with Crippen LogP contribution in [0, 0.1) is 0 Å². The van der Waals surface area contributed by atoms with Gasteiger partial charge in [0.1, 0.15) is 33.1 Å². The average Bonchev–Trinajstić information content (AvgIpc) is 3.20. The molecule has 0 bridgehead atoms. The predicted molar refractivity (Wildman–Crippen MR) is 221 cm³/mol. The molecule has 0 unspecified atom stereocenters. The molecule has 0 aliphatic carbocycles. The molecule has 8 heteroatoms. The molecule has 0 saturated carbocycles. The first-order valence-electron chi connectivity index (χ1n) is 19.2. The number of hydrogen-bond acceptors (Lipinski definition) is 8. The van der Waals surface area contributed by atoms with E-state index >= 15 is 0 Å². The SMILES string of the molecule is CCCCN(CCCC)c1ccc(/C=C/c2nc3c4nccnc4c4nccnc4c3nc2/C=C/c2ccc(N(CCCC)CCCC)cc2)cc1. The van der Waals surface area contributed by atoms with Crippen molar-refractivity contribution in [3.8, 4) is 0 Å². The van der Waals surface area contributed by atoms with E-state index in [9.17, 15) is 0 Å². The lowest BCUT2D eigenvalue weighted by Gasteiger charge is -2.24. The second-order valence-corrected chi connectivity index (χ2v) is 13.4. The molecule has 0 N–H and O–H groups in total. The highest BCUT2D eigenvalue weighted by molar-refractivity contribution is 6.18. The van der Waals surface area contributed by atoms with Crippen LogP contribution in [0.5, 0.6) is 0 Å². The van der Waals surface area contributed by atoms with Gasteiger partial charge in [0.15, 0.2) is 0 Å². The highest BCUT2D eigenvalue weighted by atomic mass is 15.1. The molecule has 0 spiro atoms. The lowest BCUT2D eigenvalue weighted by molar-refractivity contribution is 0.678. The fraction of sp³-hybridized carbons (Fsp3) is 0.364. The molecule has 0 radical (unpaired) electrons. The Hall–Kier alpha value is -5.24. The maximum atomic E-state index is 5.20. The second-order valence-electron chi connectivity index (χ2n) is 13.4.